The summed E-state index contributed by atoms with van der Waals surface area (Å²) in [6, 6.07) is 5.94. The third-order valence-corrected chi connectivity index (χ3v) is 5.71. The minimum atomic E-state index is -3.26. The molecule has 0 spiro atoms. The van der Waals surface area contributed by atoms with Crippen LogP contribution in [-0.2, 0) is 22.7 Å². The maximum absolute atomic E-state index is 12.3. The van der Waals surface area contributed by atoms with Gasteiger partial charge in [-0.15, -0.1) is 0 Å². The van der Waals surface area contributed by atoms with E-state index in [0.29, 0.717) is 11.4 Å². The Morgan fingerprint density at radius 2 is 1.91 bits per heavy atom. The number of sulfone groups is 1. The van der Waals surface area contributed by atoms with Gasteiger partial charge in [0, 0.05) is 16.8 Å². The molecule has 6 nitrogen and oxygen atoms in total. The molecule has 7 heteroatoms. The van der Waals surface area contributed by atoms with Crippen LogP contribution in [0.2, 0.25) is 0 Å². The number of hydrogen-bond donors (Lipinski definition) is 1. The van der Waals surface area contributed by atoms with Crippen LogP contribution in [-0.4, -0.2) is 30.0 Å². The van der Waals surface area contributed by atoms with Crippen LogP contribution >= 0.6 is 0 Å². The van der Waals surface area contributed by atoms with E-state index in [4.69, 9.17) is 0 Å². The summed E-state index contributed by atoms with van der Waals surface area (Å²) in [7, 11) is -3.26. The van der Waals surface area contributed by atoms with Gasteiger partial charge >= 0.3 is 0 Å². The van der Waals surface area contributed by atoms with E-state index in [1.54, 1.807) is 6.92 Å². The number of benzene rings is 1. The summed E-state index contributed by atoms with van der Waals surface area (Å²) >= 11 is 0. The summed E-state index contributed by atoms with van der Waals surface area (Å²) in [5.74, 6) is 0.270. The Kier molecular flexibility index (Phi) is 4.12. The van der Waals surface area contributed by atoms with Gasteiger partial charge in [-0.1, -0.05) is 6.92 Å². The van der Waals surface area contributed by atoms with Gasteiger partial charge < -0.3 is 5.32 Å². The first-order valence-electron chi connectivity index (χ1n) is 7.48. The highest BCUT2D eigenvalue weighted by atomic mass is 32.2. The molecule has 1 aromatic carbocycles. The third kappa shape index (κ3) is 3.10. The van der Waals surface area contributed by atoms with E-state index in [-0.39, 0.29) is 16.6 Å². The van der Waals surface area contributed by atoms with Crippen LogP contribution in [0, 0.1) is 0 Å². The van der Waals surface area contributed by atoms with Crippen molar-refractivity contribution < 1.29 is 13.2 Å². The first-order valence-corrected chi connectivity index (χ1v) is 9.13. The molecule has 0 atom stereocenters. The summed E-state index contributed by atoms with van der Waals surface area (Å²) in [6.07, 6.45) is 4.24. The average molecular weight is 331 g/mol. The molecule has 3 rings (SSSR count). The van der Waals surface area contributed by atoms with Crippen LogP contribution in [0.4, 0.5) is 5.82 Å². The number of fused-ring (bicyclic) bond motifs is 1. The van der Waals surface area contributed by atoms with Crippen LogP contribution in [0.1, 0.15) is 35.0 Å². The van der Waals surface area contributed by atoms with Gasteiger partial charge in [-0.25, -0.2) is 18.4 Å². The predicted octanol–water partition coefficient (Wildman–Crippen LogP) is 2.01. The van der Waals surface area contributed by atoms with Crippen LogP contribution in [0.15, 0.2) is 35.5 Å². The van der Waals surface area contributed by atoms with Gasteiger partial charge in [0.05, 0.1) is 10.6 Å². The van der Waals surface area contributed by atoms with Crippen molar-refractivity contribution in [3.8, 4) is 0 Å². The molecule has 1 aliphatic rings. The number of aromatic nitrogens is 2. The van der Waals surface area contributed by atoms with E-state index in [0.717, 1.165) is 30.5 Å². The van der Waals surface area contributed by atoms with Crippen LogP contribution in [0.3, 0.4) is 0 Å². The number of carbonyl (C=O) groups excluding carboxylic acids is 1. The molecule has 1 aromatic heterocycles. The summed E-state index contributed by atoms with van der Waals surface area (Å²) < 4.78 is 23.6. The standard InChI is InChI=1S/C16H17N3O3S/c1-2-23(21,22)12-8-6-11(7-9-12)16(20)19-15-13-4-3-5-14(13)17-10-18-15/h6-10H,2-5H2,1H3,(H,17,18,19,20). The number of carbonyl (C=O) groups is 1. The lowest BCUT2D eigenvalue weighted by atomic mass is 10.2. The third-order valence-electron chi connectivity index (χ3n) is 3.96. The van der Waals surface area contributed by atoms with Gasteiger partial charge in [0.25, 0.3) is 5.91 Å². The van der Waals surface area contributed by atoms with Crippen molar-refractivity contribution >= 4 is 21.6 Å². The zero-order chi connectivity index (χ0) is 16.4. The summed E-state index contributed by atoms with van der Waals surface area (Å²) in [5.41, 5.74) is 2.37. The highest BCUT2D eigenvalue weighted by molar-refractivity contribution is 7.91. The molecule has 0 bridgehead atoms. The number of nitrogens with zero attached hydrogens (tertiary/aromatic N) is 2. The number of hydrogen-bond acceptors (Lipinski definition) is 5. The number of amides is 1. The van der Waals surface area contributed by atoms with Gasteiger partial charge in [-0.2, -0.15) is 0 Å². The summed E-state index contributed by atoms with van der Waals surface area (Å²) in [5, 5.41) is 2.79. The molecule has 0 fully saturated rings. The molecular formula is C16H17N3O3S. The number of rotatable bonds is 4. The maximum Gasteiger partial charge on any atom is 0.256 e. The van der Waals surface area contributed by atoms with Gasteiger partial charge in [0.15, 0.2) is 9.84 Å². The fraction of sp³-hybridized carbons (Fsp3) is 0.312. The molecule has 120 valence electrons. The SMILES string of the molecule is CCS(=O)(=O)c1ccc(C(=O)Nc2ncnc3c2CCC3)cc1. The largest absolute Gasteiger partial charge is 0.306 e. The lowest BCUT2D eigenvalue weighted by Crippen LogP contribution is -2.15. The molecule has 1 N–H and O–H groups in total. The molecule has 1 aliphatic carbocycles. The van der Waals surface area contributed by atoms with Gasteiger partial charge in [-0.05, 0) is 43.5 Å². The van der Waals surface area contributed by atoms with Crippen LogP contribution < -0.4 is 5.32 Å². The van der Waals surface area contributed by atoms with E-state index in [9.17, 15) is 13.2 Å². The molecule has 0 saturated heterocycles. The van der Waals surface area contributed by atoms with Gasteiger partial charge in [0.2, 0.25) is 0 Å². The number of anilines is 1. The van der Waals surface area contributed by atoms with E-state index in [1.807, 2.05) is 0 Å². The number of aryl methyl sites for hydroxylation is 1. The Balaban J connectivity index is 1.81. The minimum Gasteiger partial charge on any atom is -0.306 e. The Labute approximate surface area is 134 Å². The molecule has 2 aromatic rings. The first-order chi connectivity index (χ1) is 11.0. The minimum absolute atomic E-state index is 0.0333. The smallest absolute Gasteiger partial charge is 0.256 e. The fourth-order valence-corrected chi connectivity index (χ4v) is 3.51. The Morgan fingerprint density at radius 3 is 2.61 bits per heavy atom. The highest BCUT2D eigenvalue weighted by Gasteiger charge is 2.19. The molecule has 1 amide bonds. The topological polar surface area (TPSA) is 89.0 Å². The molecule has 0 unspecified atom stereocenters. The molecule has 0 saturated carbocycles. The zero-order valence-electron chi connectivity index (χ0n) is 12.7. The van der Waals surface area contributed by atoms with E-state index in [2.05, 4.69) is 15.3 Å². The maximum atomic E-state index is 12.3. The van der Waals surface area contributed by atoms with Crippen molar-refractivity contribution in [2.75, 3.05) is 11.1 Å². The van der Waals surface area contributed by atoms with Gasteiger partial charge in [-0.3, -0.25) is 4.79 Å². The van der Waals surface area contributed by atoms with Crippen molar-refractivity contribution in [2.24, 2.45) is 0 Å². The van der Waals surface area contributed by atoms with Crippen molar-refractivity contribution in [2.45, 2.75) is 31.1 Å². The molecule has 0 radical (unpaired) electrons. The summed E-state index contributed by atoms with van der Waals surface area (Å²) in [4.78, 5) is 20.9. The second-order valence-electron chi connectivity index (χ2n) is 5.38. The Morgan fingerprint density at radius 1 is 1.17 bits per heavy atom. The second kappa shape index (κ2) is 6.08. The Bertz CT molecular complexity index is 845. The number of nitrogens with one attached hydrogen (secondary N) is 1. The monoisotopic (exact) mass is 331 g/mol. The molecule has 1 heterocycles. The quantitative estimate of drug-likeness (QED) is 0.926. The molecule has 0 aliphatic heterocycles. The lowest BCUT2D eigenvalue weighted by molar-refractivity contribution is 0.102. The normalized spacial score (nSPS) is 13.6. The Hall–Kier alpha value is -2.28. The summed E-state index contributed by atoms with van der Waals surface area (Å²) in [6.45, 7) is 1.59. The lowest BCUT2D eigenvalue weighted by Gasteiger charge is -2.09. The van der Waals surface area contributed by atoms with Crippen molar-refractivity contribution in [1.29, 1.82) is 0 Å². The highest BCUT2D eigenvalue weighted by Crippen LogP contribution is 2.25. The van der Waals surface area contributed by atoms with E-state index >= 15 is 0 Å². The molecule has 23 heavy (non-hydrogen) atoms. The van der Waals surface area contributed by atoms with E-state index in [1.165, 1.54) is 30.6 Å². The van der Waals surface area contributed by atoms with E-state index < -0.39 is 9.84 Å². The average Bonchev–Trinajstić information content (AvgIpc) is 3.04. The first kappa shape index (κ1) is 15.6. The van der Waals surface area contributed by atoms with Crippen molar-refractivity contribution in [3.63, 3.8) is 0 Å². The zero-order valence-corrected chi connectivity index (χ0v) is 13.6. The van der Waals surface area contributed by atoms with Crippen LogP contribution in [0.5, 0.6) is 0 Å². The predicted molar refractivity (Wildman–Crippen MR) is 86.2 cm³/mol. The van der Waals surface area contributed by atoms with Crippen molar-refractivity contribution in [3.05, 3.63) is 47.4 Å². The molecular weight excluding hydrogens is 314 g/mol. The fourth-order valence-electron chi connectivity index (χ4n) is 2.63. The second-order valence-corrected chi connectivity index (χ2v) is 7.66. The van der Waals surface area contributed by atoms with Crippen LogP contribution in [0.25, 0.3) is 0 Å². The van der Waals surface area contributed by atoms with Gasteiger partial charge in [0.1, 0.15) is 12.1 Å². The van der Waals surface area contributed by atoms with Crippen molar-refractivity contribution in [1.82, 2.24) is 9.97 Å².